The number of benzene rings is 1. The van der Waals surface area contributed by atoms with E-state index >= 15 is 0 Å². The van der Waals surface area contributed by atoms with Gasteiger partial charge in [0.1, 0.15) is 16.4 Å². The van der Waals surface area contributed by atoms with Gasteiger partial charge in [0.15, 0.2) is 5.75 Å². The van der Waals surface area contributed by atoms with Gasteiger partial charge in [0.05, 0.1) is 7.11 Å². The monoisotopic (exact) mass is 295 g/mol. The smallest absolute Gasteiger partial charge is 0.241 e. The average Bonchev–Trinajstić information content (AvgIpc) is 2.24. The molecule has 0 aliphatic rings. The number of nitrogens with two attached hydrogens (primary N) is 2. The van der Waals surface area contributed by atoms with Crippen LogP contribution in [0.5, 0.6) is 5.75 Å². The van der Waals surface area contributed by atoms with Gasteiger partial charge < -0.3 is 4.74 Å². The molecule has 8 nitrogen and oxygen atoms in total. The molecule has 4 N–H and O–H groups in total. The lowest BCUT2D eigenvalue weighted by Crippen LogP contribution is -2.19. The predicted molar refractivity (Wildman–Crippen MR) is 60.1 cm³/mol. The lowest BCUT2D eigenvalue weighted by molar-refractivity contribution is 0.177. The van der Waals surface area contributed by atoms with Crippen molar-refractivity contribution in [3.05, 3.63) is 17.7 Å². The van der Waals surface area contributed by atoms with Crippen LogP contribution in [0.4, 0.5) is 0 Å². The Bertz CT molecular complexity index is 612. The Hall–Kier alpha value is -1.20. The number of rotatable bonds is 4. The van der Waals surface area contributed by atoms with Gasteiger partial charge in [0.25, 0.3) is 0 Å². The highest BCUT2D eigenvalue weighted by molar-refractivity contribution is 7.90. The van der Waals surface area contributed by atoms with Gasteiger partial charge in [0.2, 0.25) is 20.0 Å². The van der Waals surface area contributed by atoms with Crippen molar-refractivity contribution in [1.29, 1.82) is 0 Å². The molecule has 18 heavy (non-hydrogen) atoms. The first-order valence-corrected chi connectivity index (χ1v) is 7.55. The summed E-state index contributed by atoms with van der Waals surface area (Å²) in [4.78, 5) is -1.19. The van der Waals surface area contributed by atoms with Gasteiger partial charge in [-0.05, 0) is 17.7 Å². The van der Waals surface area contributed by atoms with Crippen LogP contribution in [0.3, 0.4) is 0 Å². The van der Waals surface area contributed by atoms with Crippen molar-refractivity contribution in [2.24, 2.45) is 10.3 Å². The van der Waals surface area contributed by atoms with E-state index in [1.807, 2.05) is 0 Å². The molecule has 0 unspecified atom stereocenters. The van der Waals surface area contributed by atoms with E-state index in [1.165, 1.54) is 0 Å². The third-order valence-electron chi connectivity index (χ3n) is 2.06. The standard InChI is InChI=1S/C8H11N2O6S2/c1-16-8-6(17(9,12)13)2-5(4-11)3-7(8)18(10,14)15/h2-3H,4H2,1H3,(H2,9,12,13)(H2,10,14,15). The first-order chi connectivity index (χ1) is 8.11. The van der Waals surface area contributed by atoms with E-state index in [2.05, 4.69) is 0 Å². The minimum atomic E-state index is -4.24. The molecule has 1 rings (SSSR count). The maximum Gasteiger partial charge on any atom is 0.241 e. The molecule has 0 atom stereocenters. The molecule has 0 saturated heterocycles. The summed E-state index contributed by atoms with van der Waals surface area (Å²) >= 11 is 0. The summed E-state index contributed by atoms with van der Waals surface area (Å²) in [6.45, 7) is -0.824. The maximum atomic E-state index is 11.3. The second-order valence-electron chi connectivity index (χ2n) is 3.36. The van der Waals surface area contributed by atoms with Crippen LogP contribution in [0.25, 0.3) is 0 Å². The maximum absolute atomic E-state index is 11.3. The third kappa shape index (κ3) is 2.97. The van der Waals surface area contributed by atoms with Crippen LogP contribution in [0.1, 0.15) is 5.56 Å². The minimum absolute atomic E-state index is 0.0798. The number of hydrogen-bond acceptors (Lipinski definition) is 5. The second kappa shape index (κ2) is 4.82. The van der Waals surface area contributed by atoms with Gasteiger partial charge in [-0.2, -0.15) is 0 Å². The van der Waals surface area contributed by atoms with E-state index in [-0.39, 0.29) is 5.56 Å². The number of primary sulfonamides is 2. The van der Waals surface area contributed by atoms with Crippen LogP contribution in [-0.4, -0.2) is 23.9 Å². The molecule has 0 fully saturated rings. The average molecular weight is 295 g/mol. The van der Waals surface area contributed by atoms with Crippen molar-refractivity contribution in [2.75, 3.05) is 7.11 Å². The zero-order valence-electron chi connectivity index (χ0n) is 9.28. The number of hydrogen-bond donors (Lipinski definition) is 2. The normalized spacial score (nSPS) is 12.4. The van der Waals surface area contributed by atoms with Crippen molar-refractivity contribution in [3.63, 3.8) is 0 Å². The minimum Gasteiger partial charge on any atom is -0.494 e. The molecule has 101 valence electrons. The van der Waals surface area contributed by atoms with E-state index in [1.54, 1.807) is 0 Å². The van der Waals surface area contributed by atoms with Crippen molar-refractivity contribution >= 4 is 20.0 Å². The lowest BCUT2D eigenvalue weighted by Gasteiger charge is -2.12. The number of ether oxygens (including phenoxy) is 1. The van der Waals surface area contributed by atoms with E-state index in [0.717, 1.165) is 19.2 Å². The van der Waals surface area contributed by atoms with Gasteiger partial charge in [-0.1, -0.05) is 0 Å². The van der Waals surface area contributed by atoms with Gasteiger partial charge >= 0.3 is 0 Å². The van der Waals surface area contributed by atoms with E-state index in [4.69, 9.17) is 15.0 Å². The second-order valence-corrected chi connectivity index (χ2v) is 6.42. The highest BCUT2D eigenvalue weighted by Gasteiger charge is 2.25. The molecule has 0 aliphatic heterocycles. The van der Waals surface area contributed by atoms with Gasteiger partial charge in [0, 0.05) is 0 Å². The van der Waals surface area contributed by atoms with Gasteiger partial charge in [-0.3, -0.25) is 0 Å². The quantitative estimate of drug-likeness (QED) is 0.724. The van der Waals surface area contributed by atoms with Gasteiger partial charge in [-0.25, -0.2) is 32.2 Å². The Kier molecular flexibility index (Phi) is 3.98. The van der Waals surface area contributed by atoms with Crippen molar-refractivity contribution < 1.29 is 26.7 Å². The van der Waals surface area contributed by atoms with Crippen LogP contribution >= 0.6 is 0 Å². The molecule has 0 aliphatic carbocycles. The third-order valence-corrected chi connectivity index (χ3v) is 3.90. The summed E-state index contributed by atoms with van der Waals surface area (Å²) in [6.07, 6.45) is 0. The summed E-state index contributed by atoms with van der Waals surface area (Å²) in [5.41, 5.74) is -0.0798. The zero-order valence-corrected chi connectivity index (χ0v) is 10.9. The van der Waals surface area contributed by atoms with E-state index in [9.17, 15) is 21.9 Å². The van der Waals surface area contributed by atoms with Gasteiger partial charge in [-0.15, -0.1) is 0 Å². The first-order valence-electron chi connectivity index (χ1n) is 4.46. The molecule has 0 aromatic heterocycles. The Morgan fingerprint density at radius 3 is 1.67 bits per heavy atom. The summed E-state index contributed by atoms with van der Waals surface area (Å²) in [6, 6.07) is 1.91. The molecule has 0 spiro atoms. The molecule has 1 aromatic rings. The molecule has 1 radical (unpaired) electrons. The van der Waals surface area contributed by atoms with Crippen LogP contribution in [0.2, 0.25) is 0 Å². The first kappa shape index (κ1) is 14.9. The fourth-order valence-corrected chi connectivity index (χ4v) is 2.94. The molecule has 0 amide bonds. The van der Waals surface area contributed by atoms with E-state index in [0.29, 0.717) is 0 Å². The summed E-state index contributed by atoms with van der Waals surface area (Å²) in [5, 5.41) is 20.6. The molecule has 0 bridgehead atoms. The molecule has 0 heterocycles. The zero-order chi connectivity index (χ0) is 14.1. The van der Waals surface area contributed by atoms with E-state index < -0.39 is 42.2 Å². The van der Waals surface area contributed by atoms with Crippen LogP contribution in [-0.2, 0) is 31.8 Å². The highest BCUT2D eigenvalue weighted by atomic mass is 32.2. The Morgan fingerprint density at radius 1 is 1.06 bits per heavy atom. The topological polar surface area (TPSA) is 149 Å². The predicted octanol–water partition coefficient (Wildman–Crippen LogP) is -1.08. The summed E-state index contributed by atoms with van der Waals surface area (Å²) < 4.78 is 50.0. The van der Waals surface area contributed by atoms with Crippen LogP contribution in [0.15, 0.2) is 21.9 Å². The van der Waals surface area contributed by atoms with Crippen LogP contribution < -0.4 is 15.0 Å². The highest BCUT2D eigenvalue weighted by Crippen LogP contribution is 2.31. The largest absolute Gasteiger partial charge is 0.494 e. The molecular formula is C8H11N2O6S2. The summed E-state index contributed by atoms with van der Waals surface area (Å²) in [7, 11) is -7.42. The summed E-state index contributed by atoms with van der Waals surface area (Å²) in [5.74, 6) is -0.503. The molecule has 10 heteroatoms. The Labute approximate surface area is 104 Å². The number of sulfonamides is 2. The SMILES string of the molecule is COc1c(S(N)(=O)=O)cc(C[O])cc1S(N)(=O)=O. The van der Waals surface area contributed by atoms with Crippen molar-refractivity contribution in [3.8, 4) is 5.75 Å². The van der Waals surface area contributed by atoms with Crippen LogP contribution in [0, 0.1) is 0 Å². The van der Waals surface area contributed by atoms with Crippen molar-refractivity contribution in [2.45, 2.75) is 16.4 Å². The molecule has 0 saturated carbocycles. The Balaban J connectivity index is 3.84. The number of methoxy groups -OCH3 is 1. The van der Waals surface area contributed by atoms with Crippen molar-refractivity contribution in [1.82, 2.24) is 0 Å². The Morgan fingerprint density at radius 2 is 1.44 bits per heavy atom. The lowest BCUT2D eigenvalue weighted by atomic mass is 10.2. The fourth-order valence-electron chi connectivity index (χ4n) is 1.34. The molecule has 1 aromatic carbocycles. The molecular weight excluding hydrogens is 284 g/mol. The fraction of sp³-hybridized carbons (Fsp3) is 0.250.